The molecule has 3 nitrogen and oxygen atoms in total. The summed E-state index contributed by atoms with van der Waals surface area (Å²) >= 11 is 3.29. The molecule has 0 amide bonds. The quantitative estimate of drug-likeness (QED) is 0.797. The number of hydrogen-bond donors (Lipinski definition) is 0. The highest BCUT2D eigenvalue weighted by Crippen LogP contribution is 2.31. The Morgan fingerprint density at radius 1 is 1.23 bits per heavy atom. The van der Waals surface area contributed by atoms with E-state index in [2.05, 4.69) is 15.9 Å². The van der Waals surface area contributed by atoms with Gasteiger partial charge >= 0.3 is 0 Å². The molecule has 0 atom stereocenters. The second kappa shape index (κ2) is 4.15. The van der Waals surface area contributed by atoms with Crippen LogP contribution >= 0.6 is 15.9 Å². The molecule has 13 heavy (non-hydrogen) atoms. The van der Waals surface area contributed by atoms with Crippen molar-refractivity contribution < 1.29 is 9.47 Å². The third-order valence-electron chi connectivity index (χ3n) is 1.58. The van der Waals surface area contributed by atoms with E-state index in [-0.39, 0.29) is 0 Å². The van der Waals surface area contributed by atoms with Crippen LogP contribution in [0.3, 0.4) is 0 Å². The van der Waals surface area contributed by atoms with E-state index in [1.54, 1.807) is 12.1 Å². The van der Waals surface area contributed by atoms with Gasteiger partial charge in [-0.05, 0) is 12.1 Å². The van der Waals surface area contributed by atoms with Crippen LogP contribution in [0, 0.1) is 11.3 Å². The van der Waals surface area contributed by atoms with Crippen molar-refractivity contribution in [2.24, 2.45) is 0 Å². The number of ether oxygens (including phenoxy) is 2. The first kappa shape index (κ1) is 9.87. The molecule has 0 aromatic heterocycles. The Bertz CT molecular complexity index is 332. The van der Waals surface area contributed by atoms with Crippen molar-refractivity contribution in [2.45, 2.75) is 0 Å². The molecule has 0 saturated heterocycles. The van der Waals surface area contributed by atoms with Gasteiger partial charge in [0.15, 0.2) is 0 Å². The molecule has 1 aromatic carbocycles. The first-order valence-electron chi connectivity index (χ1n) is 3.54. The monoisotopic (exact) mass is 240 g/mol. The van der Waals surface area contributed by atoms with E-state index in [4.69, 9.17) is 14.7 Å². The van der Waals surface area contributed by atoms with Crippen LogP contribution in [0.25, 0.3) is 0 Å². The number of benzene rings is 1. The number of methoxy groups -OCH3 is 2. The minimum Gasteiger partial charge on any atom is -0.495 e. The zero-order valence-corrected chi connectivity index (χ0v) is 8.88. The molecule has 1 aromatic rings. The molecule has 0 aliphatic heterocycles. The van der Waals surface area contributed by atoms with Gasteiger partial charge in [0, 0.05) is 4.47 Å². The van der Waals surface area contributed by atoms with E-state index in [0.29, 0.717) is 17.1 Å². The third kappa shape index (κ3) is 1.93. The maximum atomic E-state index is 8.83. The van der Waals surface area contributed by atoms with Crippen LogP contribution in [0.2, 0.25) is 0 Å². The molecule has 0 saturated carbocycles. The summed E-state index contributed by atoms with van der Waals surface area (Å²) in [6.45, 7) is 0. The minimum absolute atomic E-state index is 0.410. The van der Waals surface area contributed by atoms with E-state index in [0.717, 1.165) is 4.47 Å². The first-order chi connectivity index (χ1) is 6.22. The van der Waals surface area contributed by atoms with Crippen molar-refractivity contribution in [3.8, 4) is 17.6 Å². The lowest BCUT2D eigenvalue weighted by Crippen LogP contribution is -1.93. The summed E-state index contributed by atoms with van der Waals surface area (Å²) in [5.41, 5.74) is 0.410. The maximum absolute atomic E-state index is 8.83. The Morgan fingerprint density at radius 3 is 2.00 bits per heavy atom. The van der Waals surface area contributed by atoms with Crippen LogP contribution < -0.4 is 9.47 Å². The molecule has 0 heterocycles. The van der Waals surface area contributed by atoms with Gasteiger partial charge in [-0.3, -0.25) is 0 Å². The van der Waals surface area contributed by atoms with E-state index in [1.165, 1.54) is 14.2 Å². The van der Waals surface area contributed by atoms with Crippen LogP contribution in [0.4, 0.5) is 0 Å². The summed E-state index contributed by atoms with van der Waals surface area (Å²) in [6.07, 6.45) is 0. The molecular weight excluding hydrogens is 233 g/mol. The normalized spacial score (nSPS) is 9.08. The standard InChI is InChI=1S/C9H8BrNO2/c1-12-8-3-6(10)4-9(13-2)7(8)5-11/h3-4H,1-2H3/i5-1. The van der Waals surface area contributed by atoms with E-state index >= 15 is 0 Å². The van der Waals surface area contributed by atoms with Crippen molar-refractivity contribution in [1.82, 2.24) is 0 Å². The summed E-state index contributed by atoms with van der Waals surface area (Å²) in [5.74, 6) is 1.02. The van der Waals surface area contributed by atoms with E-state index in [9.17, 15) is 0 Å². The Morgan fingerprint density at radius 2 is 1.69 bits per heavy atom. The molecule has 0 fully saturated rings. The molecule has 0 aliphatic rings. The van der Waals surface area contributed by atoms with Gasteiger partial charge in [0.2, 0.25) is 0 Å². The lowest BCUT2D eigenvalue weighted by atomic mass is 9.98. The van der Waals surface area contributed by atoms with Crippen molar-refractivity contribution in [1.29, 1.82) is 5.26 Å². The smallest absolute Gasteiger partial charge is 0.141 e. The minimum atomic E-state index is 0.410. The summed E-state index contributed by atoms with van der Waals surface area (Å²) in [4.78, 5) is 0. The van der Waals surface area contributed by atoms with Crippen molar-refractivity contribution in [3.63, 3.8) is 0 Å². The van der Waals surface area contributed by atoms with Crippen LogP contribution in [-0.4, -0.2) is 14.2 Å². The molecular formula is C9H8BrNO2. The zero-order chi connectivity index (χ0) is 9.84. The molecule has 4 heteroatoms. The van der Waals surface area contributed by atoms with Crippen LogP contribution in [-0.2, 0) is 0 Å². The van der Waals surface area contributed by atoms with Gasteiger partial charge in [-0.2, -0.15) is 5.26 Å². The summed E-state index contributed by atoms with van der Waals surface area (Å²) < 4.78 is 10.9. The van der Waals surface area contributed by atoms with Gasteiger partial charge in [0.1, 0.15) is 23.1 Å². The van der Waals surface area contributed by atoms with Crippen LogP contribution in [0.1, 0.15) is 5.56 Å². The topological polar surface area (TPSA) is 42.2 Å². The number of nitrogens with zero attached hydrogens (tertiary/aromatic N) is 1. The lowest BCUT2D eigenvalue weighted by Gasteiger charge is -2.07. The van der Waals surface area contributed by atoms with Crippen LogP contribution in [0.15, 0.2) is 16.6 Å². The van der Waals surface area contributed by atoms with Gasteiger partial charge in [-0.15, -0.1) is 0 Å². The Balaban J connectivity index is 3.36. The summed E-state index contributed by atoms with van der Waals surface area (Å²) in [6, 6.07) is 5.47. The second-order valence-corrected chi connectivity index (χ2v) is 3.21. The van der Waals surface area contributed by atoms with Gasteiger partial charge in [-0.1, -0.05) is 15.9 Å². The molecule has 0 radical (unpaired) electrons. The predicted molar refractivity (Wildman–Crippen MR) is 52.0 cm³/mol. The Hall–Kier alpha value is -1.21. The number of rotatable bonds is 2. The van der Waals surface area contributed by atoms with E-state index < -0.39 is 0 Å². The van der Waals surface area contributed by atoms with E-state index in [1.807, 2.05) is 6.07 Å². The number of halogens is 1. The highest BCUT2D eigenvalue weighted by Gasteiger charge is 2.10. The molecule has 0 spiro atoms. The summed E-state index contributed by atoms with van der Waals surface area (Å²) in [7, 11) is 3.03. The molecule has 1 rings (SSSR count). The van der Waals surface area contributed by atoms with Gasteiger partial charge in [-0.25, -0.2) is 0 Å². The number of nitriles is 1. The fourth-order valence-electron chi connectivity index (χ4n) is 0.990. The SMILES string of the molecule is COc1cc(Br)cc(OC)c1[11C]#N. The molecule has 0 aliphatic carbocycles. The molecule has 68 valence electrons. The second-order valence-electron chi connectivity index (χ2n) is 2.30. The fourth-order valence-corrected chi connectivity index (χ4v) is 1.41. The third-order valence-corrected chi connectivity index (χ3v) is 2.04. The fraction of sp³-hybridized carbons (Fsp3) is 0.222. The van der Waals surface area contributed by atoms with Crippen molar-refractivity contribution in [3.05, 3.63) is 22.2 Å². The Labute approximate surface area is 85.0 Å². The maximum Gasteiger partial charge on any atom is 0.141 e. The number of hydrogen-bond acceptors (Lipinski definition) is 3. The largest absolute Gasteiger partial charge is 0.495 e. The van der Waals surface area contributed by atoms with Crippen molar-refractivity contribution >= 4 is 15.9 Å². The predicted octanol–water partition coefficient (Wildman–Crippen LogP) is 2.34. The average molecular weight is 241 g/mol. The first-order valence-corrected chi connectivity index (χ1v) is 4.34. The van der Waals surface area contributed by atoms with Gasteiger partial charge in [0.25, 0.3) is 0 Å². The van der Waals surface area contributed by atoms with Crippen LogP contribution in [0.5, 0.6) is 11.5 Å². The Kier molecular flexibility index (Phi) is 3.15. The molecule has 0 bridgehead atoms. The summed E-state index contributed by atoms with van der Waals surface area (Å²) in [5, 5.41) is 8.83. The average Bonchev–Trinajstić information content (AvgIpc) is 2.16. The molecule has 0 unspecified atom stereocenters. The van der Waals surface area contributed by atoms with Crippen molar-refractivity contribution in [2.75, 3.05) is 14.2 Å². The zero-order valence-electron chi connectivity index (χ0n) is 7.30. The molecule has 0 N–H and O–H groups in total. The van der Waals surface area contributed by atoms with Gasteiger partial charge in [0.05, 0.1) is 14.2 Å². The highest BCUT2D eigenvalue weighted by atomic mass is 79.9. The lowest BCUT2D eigenvalue weighted by molar-refractivity contribution is 0.391. The highest BCUT2D eigenvalue weighted by molar-refractivity contribution is 9.10. The van der Waals surface area contributed by atoms with Gasteiger partial charge < -0.3 is 9.47 Å².